The third-order valence-corrected chi connectivity index (χ3v) is 7.70. The molecule has 0 aliphatic carbocycles. The van der Waals surface area contributed by atoms with Crippen molar-refractivity contribution < 1.29 is 13.2 Å². The molecule has 36 heavy (non-hydrogen) atoms. The summed E-state index contributed by atoms with van der Waals surface area (Å²) in [6, 6.07) is 26.7. The third kappa shape index (κ3) is 5.66. The fourth-order valence-electron chi connectivity index (χ4n) is 4.12. The molecule has 1 fully saturated rings. The molecule has 0 radical (unpaired) electrons. The monoisotopic (exact) mass is 500 g/mol. The fraction of sp³-hybridized carbons (Fsp3) is 0.214. The fourth-order valence-corrected chi connectivity index (χ4v) is 5.18. The maximum absolute atomic E-state index is 12.9. The van der Waals surface area contributed by atoms with Crippen molar-refractivity contribution in [3.05, 3.63) is 91.0 Å². The molecule has 1 N–H and O–H groups in total. The van der Waals surface area contributed by atoms with Gasteiger partial charge in [-0.3, -0.25) is 4.72 Å². The maximum atomic E-state index is 12.9. The number of benzene rings is 3. The van der Waals surface area contributed by atoms with Gasteiger partial charge in [0.05, 0.1) is 10.6 Å². The van der Waals surface area contributed by atoms with Gasteiger partial charge < -0.3 is 9.64 Å². The van der Waals surface area contributed by atoms with Crippen LogP contribution in [0.3, 0.4) is 0 Å². The average Bonchev–Trinajstić information content (AvgIpc) is 2.90. The molecule has 1 aromatic heterocycles. The first-order valence-corrected chi connectivity index (χ1v) is 13.5. The molecular weight excluding hydrogens is 472 g/mol. The molecule has 7 nitrogen and oxygen atoms in total. The lowest BCUT2D eigenvalue weighted by molar-refractivity contribution is 0.436. The molecule has 8 heteroatoms. The summed E-state index contributed by atoms with van der Waals surface area (Å²) >= 11 is 0. The van der Waals surface area contributed by atoms with Gasteiger partial charge in [-0.25, -0.2) is 8.42 Å². The number of hydrogen-bond donors (Lipinski definition) is 1. The molecule has 0 atom stereocenters. The molecule has 1 saturated heterocycles. The number of ether oxygens (including phenoxy) is 1. The van der Waals surface area contributed by atoms with Crippen LogP contribution in [0.15, 0.2) is 95.9 Å². The lowest BCUT2D eigenvalue weighted by Crippen LogP contribution is -2.33. The number of sulfonamides is 1. The smallest absolute Gasteiger partial charge is 0.261 e. The first-order chi connectivity index (χ1) is 17.5. The van der Waals surface area contributed by atoms with E-state index in [-0.39, 0.29) is 4.90 Å². The zero-order chi connectivity index (χ0) is 25.0. The number of rotatable bonds is 7. The summed E-state index contributed by atoms with van der Waals surface area (Å²) in [5, 5.41) is 8.80. The number of anilines is 2. The van der Waals surface area contributed by atoms with E-state index in [4.69, 9.17) is 4.74 Å². The Morgan fingerprint density at radius 3 is 2.11 bits per heavy atom. The summed E-state index contributed by atoms with van der Waals surface area (Å²) in [4.78, 5) is 2.43. The standard InChI is InChI=1S/C28H28N4O3S/c1-21-17-19-32(20-18-21)28-16-15-27(29-30-28)22-7-9-23(10-8-22)31-36(33,34)26-13-11-25(12-14-26)35-24-5-3-2-4-6-24/h2-16,21,31H,17-20H2,1H3. The minimum absolute atomic E-state index is 0.153. The predicted octanol–water partition coefficient (Wildman–Crippen LogP) is 5.97. The molecule has 1 aliphatic heterocycles. The summed E-state index contributed by atoms with van der Waals surface area (Å²) < 4.78 is 34.1. The Hall–Kier alpha value is -3.91. The third-order valence-electron chi connectivity index (χ3n) is 6.30. The lowest BCUT2D eigenvalue weighted by Gasteiger charge is -2.30. The largest absolute Gasteiger partial charge is 0.457 e. The Morgan fingerprint density at radius 1 is 0.806 bits per heavy atom. The lowest BCUT2D eigenvalue weighted by atomic mass is 9.99. The first-order valence-electron chi connectivity index (χ1n) is 12.0. The molecule has 0 spiro atoms. The van der Waals surface area contributed by atoms with Crippen molar-refractivity contribution in [3.63, 3.8) is 0 Å². The van der Waals surface area contributed by atoms with Gasteiger partial charge in [-0.15, -0.1) is 10.2 Å². The van der Waals surface area contributed by atoms with Gasteiger partial charge in [0.1, 0.15) is 11.5 Å². The maximum Gasteiger partial charge on any atom is 0.261 e. The van der Waals surface area contributed by atoms with Crippen molar-refractivity contribution >= 4 is 21.5 Å². The Bertz CT molecular complexity index is 1380. The number of para-hydroxylation sites is 1. The number of nitrogens with zero attached hydrogens (tertiary/aromatic N) is 3. The minimum Gasteiger partial charge on any atom is -0.457 e. The van der Waals surface area contributed by atoms with Gasteiger partial charge in [0.15, 0.2) is 5.82 Å². The summed E-state index contributed by atoms with van der Waals surface area (Å²) in [5.74, 6) is 2.91. The van der Waals surface area contributed by atoms with Crippen molar-refractivity contribution in [2.75, 3.05) is 22.7 Å². The van der Waals surface area contributed by atoms with Gasteiger partial charge in [-0.1, -0.05) is 37.3 Å². The van der Waals surface area contributed by atoms with Gasteiger partial charge in [-0.2, -0.15) is 0 Å². The molecule has 5 rings (SSSR count). The Labute approximate surface area is 211 Å². The van der Waals surface area contributed by atoms with E-state index in [0.29, 0.717) is 17.2 Å². The van der Waals surface area contributed by atoms with E-state index in [2.05, 4.69) is 26.7 Å². The van der Waals surface area contributed by atoms with Crippen LogP contribution in [0.2, 0.25) is 0 Å². The number of aromatic nitrogens is 2. The second-order valence-electron chi connectivity index (χ2n) is 9.02. The van der Waals surface area contributed by atoms with E-state index in [9.17, 15) is 8.42 Å². The molecule has 0 bridgehead atoms. The summed E-state index contributed by atoms with van der Waals surface area (Å²) in [5.41, 5.74) is 2.08. The van der Waals surface area contributed by atoms with Crippen LogP contribution in [0.5, 0.6) is 11.5 Å². The van der Waals surface area contributed by atoms with Gasteiger partial charge in [0.2, 0.25) is 0 Å². The summed E-state index contributed by atoms with van der Waals surface area (Å²) in [6.45, 7) is 4.30. The van der Waals surface area contributed by atoms with E-state index in [1.807, 2.05) is 54.6 Å². The van der Waals surface area contributed by atoms with Crippen LogP contribution in [0.25, 0.3) is 11.3 Å². The highest BCUT2D eigenvalue weighted by atomic mass is 32.2. The summed E-state index contributed by atoms with van der Waals surface area (Å²) in [6.07, 6.45) is 2.35. The van der Waals surface area contributed by atoms with Crippen LogP contribution < -0.4 is 14.4 Å². The van der Waals surface area contributed by atoms with Crippen molar-refractivity contribution in [1.29, 1.82) is 0 Å². The average molecular weight is 501 g/mol. The van der Waals surface area contributed by atoms with Gasteiger partial charge >= 0.3 is 0 Å². The van der Waals surface area contributed by atoms with Crippen LogP contribution in [-0.2, 0) is 10.0 Å². The molecule has 0 unspecified atom stereocenters. The molecule has 4 aromatic rings. The predicted molar refractivity (Wildman–Crippen MR) is 142 cm³/mol. The zero-order valence-electron chi connectivity index (χ0n) is 20.0. The highest BCUT2D eigenvalue weighted by molar-refractivity contribution is 7.92. The van der Waals surface area contributed by atoms with Crippen molar-refractivity contribution in [2.45, 2.75) is 24.7 Å². The topological polar surface area (TPSA) is 84.4 Å². The normalized spacial score (nSPS) is 14.4. The second kappa shape index (κ2) is 10.4. The Balaban J connectivity index is 1.22. The zero-order valence-corrected chi connectivity index (χ0v) is 20.9. The summed E-state index contributed by atoms with van der Waals surface area (Å²) in [7, 11) is -3.74. The SMILES string of the molecule is CC1CCN(c2ccc(-c3ccc(NS(=O)(=O)c4ccc(Oc5ccccc5)cc4)cc3)nn2)CC1. The van der Waals surface area contributed by atoms with Gasteiger partial charge in [0.25, 0.3) is 10.0 Å². The quantitative estimate of drug-likeness (QED) is 0.336. The number of piperidine rings is 1. The van der Waals surface area contributed by atoms with E-state index < -0.39 is 10.0 Å². The molecular formula is C28H28N4O3S. The van der Waals surface area contributed by atoms with Crippen LogP contribution in [-0.4, -0.2) is 31.7 Å². The highest BCUT2D eigenvalue weighted by Gasteiger charge is 2.18. The minimum atomic E-state index is -3.74. The molecule has 0 saturated carbocycles. The molecule has 3 aromatic carbocycles. The van der Waals surface area contributed by atoms with Crippen LogP contribution in [0.4, 0.5) is 11.5 Å². The Morgan fingerprint density at radius 2 is 1.47 bits per heavy atom. The van der Waals surface area contributed by atoms with Crippen LogP contribution >= 0.6 is 0 Å². The van der Waals surface area contributed by atoms with E-state index in [1.54, 1.807) is 24.3 Å². The highest BCUT2D eigenvalue weighted by Crippen LogP contribution is 2.26. The van der Waals surface area contributed by atoms with E-state index in [1.165, 1.54) is 25.0 Å². The molecule has 0 amide bonds. The number of hydrogen-bond acceptors (Lipinski definition) is 6. The number of nitrogens with one attached hydrogen (secondary N) is 1. The molecule has 1 aliphatic rings. The van der Waals surface area contributed by atoms with Crippen LogP contribution in [0, 0.1) is 5.92 Å². The molecule has 2 heterocycles. The van der Waals surface area contributed by atoms with Crippen LogP contribution in [0.1, 0.15) is 19.8 Å². The van der Waals surface area contributed by atoms with Gasteiger partial charge in [0, 0.05) is 24.3 Å². The van der Waals surface area contributed by atoms with Crippen molar-refractivity contribution in [1.82, 2.24) is 10.2 Å². The van der Waals surface area contributed by atoms with E-state index >= 15 is 0 Å². The van der Waals surface area contributed by atoms with Crippen molar-refractivity contribution in [3.8, 4) is 22.8 Å². The van der Waals surface area contributed by atoms with Crippen molar-refractivity contribution in [2.24, 2.45) is 5.92 Å². The second-order valence-corrected chi connectivity index (χ2v) is 10.7. The molecule has 184 valence electrons. The van der Waals surface area contributed by atoms with Gasteiger partial charge in [-0.05, 0) is 79.4 Å². The first kappa shape index (κ1) is 23.8. The van der Waals surface area contributed by atoms with E-state index in [0.717, 1.165) is 36.1 Å². The Kier molecular flexibility index (Phi) is 6.86.